The van der Waals surface area contributed by atoms with Gasteiger partial charge in [-0.1, -0.05) is 22.9 Å². The van der Waals surface area contributed by atoms with Crippen LogP contribution >= 0.6 is 15.9 Å². The number of amides is 1. The fourth-order valence-corrected chi connectivity index (χ4v) is 1.97. The molecule has 1 amide bonds. The SMILES string of the molecule is CCc1cc(C(=O)N(C)C(C)(C)CBr)n(CC)n1. The third kappa shape index (κ3) is 2.94. The lowest BCUT2D eigenvalue weighted by atomic mass is 10.1. The highest BCUT2D eigenvalue weighted by molar-refractivity contribution is 9.09. The van der Waals surface area contributed by atoms with E-state index in [4.69, 9.17) is 0 Å². The van der Waals surface area contributed by atoms with E-state index in [0.29, 0.717) is 12.2 Å². The Balaban J connectivity index is 3.06. The summed E-state index contributed by atoms with van der Waals surface area (Å²) in [5.41, 5.74) is 1.42. The van der Waals surface area contributed by atoms with Crippen molar-refractivity contribution in [1.82, 2.24) is 14.7 Å². The van der Waals surface area contributed by atoms with E-state index in [9.17, 15) is 4.79 Å². The number of aromatic nitrogens is 2. The van der Waals surface area contributed by atoms with Gasteiger partial charge in [-0.3, -0.25) is 9.48 Å². The number of alkyl halides is 1. The second kappa shape index (κ2) is 5.87. The third-order valence-electron chi connectivity index (χ3n) is 3.25. The van der Waals surface area contributed by atoms with Gasteiger partial charge in [-0.2, -0.15) is 5.10 Å². The lowest BCUT2D eigenvalue weighted by Gasteiger charge is -2.34. The molecule has 0 aliphatic rings. The molecule has 4 nitrogen and oxygen atoms in total. The van der Waals surface area contributed by atoms with Crippen molar-refractivity contribution in [2.75, 3.05) is 12.4 Å². The van der Waals surface area contributed by atoms with E-state index in [1.54, 1.807) is 9.58 Å². The summed E-state index contributed by atoms with van der Waals surface area (Å²) >= 11 is 3.45. The van der Waals surface area contributed by atoms with Gasteiger partial charge in [0.2, 0.25) is 0 Å². The van der Waals surface area contributed by atoms with E-state index in [1.165, 1.54) is 0 Å². The van der Waals surface area contributed by atoms with Gasteiger partial charge >= 0.3 is 0 Å². The second-order valence-electron chi connectivity index (χ2n) is 5.00. The fraction of sp³-hybridized carbons (Fsp3) is 0.692. The summed E-state index contributed by atoms with van der Waals surface area (Å²) in [4.78, 5) is 14.3. The smallest absolute Gasteiger partial charge is 0.272 e. The van der Waals surface area contributed by atoms with Crippen LogP contribution in [-0.2, 0) is 13.0 Å². The normalized spacial score (nSPS) is 11.7. The maximum atomic E-state index is 12.5. The van der Waals surface area contributed by atoms with E-state index in [-0.39, 0.29) is 11.4 Å². The minimum Gasteiger partial charge on any atom is -0.334 e. The highest BCUT2D eigenvalue weighted by Gasteiger charge is 2.29. The van der Waals surface area contributed by atoms with E-state index < -0.39 is 0 Å². The largest absolute Gasteiger partial charge is 0.334 e. The molecule has 0 N–H and O–H groups in total. The van der Waals surface area contributed by atoms with Crippen molar-refractivity contribution < 1.29 is 4.79 Å². The Morgan fingerprint density at radius 2 is 2.11 bits per heavy atom. The van der Waals surface area contributed by atoms with Crippen LogP contribution in [0.3, 0.4) is 0 Å². The molecule has 0 bridgehead atoms. The summed E-state index contributed by atoms with van der Waals surface area (Å²) < 4.78 is 1.78. The van der Waals surface area contributed by atoms with E-state index in [2.05, 4.69) is 21.0 Å². The number of hydrogen-bond donors (Lipinski definition) is 0. The van der Waals surface area contributed by atoms with Gasteiger partial charge in [0.25, 0.3) is 5.91 Å². The molecule has 102 valence electrons. The Hall–Kier alpha value is -0.840. The standard InChI is InChI=1S/C13H22BrN3O/c1-6-10-8-11(17(7-2)15-10)12(18)16(5)13(3,4)9-14/h8H,6-7,9H2,1-5H3. The summed E-state index contributed by atoms with van der Waals surface area (Å²) in [6.07, 6.45) is 0.846. The first-order valence-electron chi connectivity index (χ1n) is 6.28. The number of halogens is 1. The van der Waals surface area contributed by atoms with Gasteiger partial charge in [-0.15, -0.1) is 0 Å². The molecule has 0 radical (unpaired) electrons. The van der Waals surface area contributed by atoms with Crippen LogP contribution in [0.25, 0.3) is 0 Å². The zero-order valence-electron chi connectivity index (χ0n) is 11.8. The van der Waals surface area contributed by atoms with Crippen molar-refractivity contribution in [3.8, 4) is 0 Å². The van der Waals surface area contributed by atoms with E-state index in [1.807, 2.05) is 40.8 Å². The van der Waals surface area contributed by atoms with Crippen LogP contribution in [0.1, 0.15) is 43.9 Å². The zero-order chi connectivity index (χ0) is 13.9. The summed E-state index contributed by atoms with van der Waals surface area (Å²) in [6, 6.07) is 1.90. The van der Waals surface area contributed by atoms with Gasteiger partial charge in [-0.25, -0.2) is 0 Å². The molecule has 0 aromatic carbocycles. The highest BCUT2D eigenvalue weighted by atomic mass is 79.9. The number of aryl methyl sites for hydroxylation is 2. The van der Waals surface area contributed by atoms with Crippen LogP contribution < -0.4 is 0 Å². The molecule has 18 heavy (non-hydrogen) atoms. The van der Waals surface area contributed by atoms with Gasteiger partial charge in [0, 0.05) is 24.5 Å². The van der Waals surface area contributed by atoms with Crippen LogP contribution in [0.5, 0.6) is 0 Å². The topological polar surface area (TPSA) is 38.1 Å². The summed E-state index contributed by atoms with van der Waals surface area (Å²) in [6.45, 7) is 8.82. The molecule has 0 atom stereocenters. The Morgan fingerprint density at radius 1 is 1.50 bits per heavy atom. The van der Waals surface area contributed by atoms with Gasteiger partial charge in [-0.05, 0) is 33.3 Å². The minimum atomic E-state index is -0.216. The number of nitrogens with zero attached hydrogens (tertiary/aromatic N) is 3. The highest BCUT2D eigenvalue weighted by Crippen LogP contribution is 2.19. The third-order valence-corrected chi connectivity index (χ3v) is 4.62. The summed E-state index contributed by atoms with van der Waals surface area (Å²) in [5, 5.41) is 5.16. The van der Waals surface area contributed by atoms with Crippen molar-refractivity contribution >= 4 is 21.8 Å². The first-order valence-corrected chi connectivity index (χ1v) is 7.40. The van der Waals surface area contributed by atoms with Gasteiger partial charge in [0.15, 0.2) is 0 Å². The molecule has 0 saturated heterocycles. The lowest BCUT2D eigenvalue weighted by Crippen LogP contribution is -2.46. The Labute approximate surface area is 117 Å². The second-order valence-corrected chi connectivity index (χ2v) is 5.56. The molecule has 0 fully saturated rings. The van der Waals surface area contributed by atoms with Crippen LogP contribution in [-0.4, -0.2) is 38.5 Å². The molecule has 5 heteroatoms. The number of hydrogen-bond acceptors (Lipinski definition) is 2. The summed E-state index contributed by atoms with van der Waals surface area (Å²) in [7, 11) is 1.84. The molecule has 1 aromatic rings. The van der Waals surface area contributed by atoms with Crippen molar-refractivity contribution in [1.29, 1.82) is 0 Å². The predicted molar refractivity (Wildman–Crippen MR) is 77.2 cm³/mol. The maximum absolute atomic E-state index is 12.5. The molecule has 0 saturated carbocycles. The quantitative estimate of drug-likeness (QED) is 0.784. The average molecular weight is 316 g/mol. The average Bonchev–Trinajstić information content (AvgIpc) is 2.80. The van der Waals surface area contributed by atoms with Crippen molar-refractivity contribution in [3.63, 3.8) is 0 Å². The van der Waals surface area contributed by atoms with Crippen molar-refractivity contribution in [3.05, 3.63) is 17.5 Å². The van der Waals surface area contributed by atoms with Crippen LogP contribution in [0.4, 0.5) is 0 Å². The van der Waals surface area contributed by atoms with Crippen LogP contribution in [0, 0.1) is 0 Å². The lowest BCUT2D eigenvalue weighted by molar-refractivity contribution is 0.0651. The molecule has 0 unspecified atom stereocenters. The van der Waals surface area contributed by atoms with Gasteiger partial charge in [0.1, 0.15) is 5.69 Å². The Morgan fingerprint density at radius 3 is 2.56 bits per heavy atom. The molecular weight excluding hydrogens is 294 g/mol. The van der Waals surface area contributed by atoms with Crippen molar-refractivity contribution in [2.24, 2.45) is 0 Å². The first-order chi connectivity index (χ1) is 8.37. The van der Waals surface area contributed by atoms with Gasteiger partial charge < -0.3 is 4.90 Å². The van der Waals surface area contributed by atoms with Crippen LogP contribution in [0.2, 0.25) is 0 Å². The zero-order valence-corrected chi connectivity index (χ0v) is 13.4. The number of rotatable bonds is 5. The summed E-state index contributed by atoms with van der Waals surface area (Å²) in [5.74, 6) is 0.0218. The first kappa shape index (κ1) is 15.2. The molecule has 1 aromatic heterocycles. The molecule has 0 spiro atoms. The van der Waals surface area contributed by atoms with Crippen LogP contribution in [0.15, 0.2) is 6.07 Å². The number of carbonyl (C=O) groups is 1. The minimum absolute atomic E-state index is 0.0218. The molecular formula is C13H22BrN3O. The maximum Gasteiger partial charge on any atom is 0.272 e. The molecule has 0 aliphatic carbocycles. The van der Waals surface area contributed by atoms with E-state index in [0.717, 1.165) is 17.4 Å². The van der Waals surface area contributed by atoms with Gasteiger partial charge in [0.05, 0.1) is 5.69 Å². The Bertz CT molecular complexity index is 426. The Kier molecular flexibility index (Phi) is 4.96. The number of carbonyl (C=O) groups excluding carboxylic acids is 1. The molecule has 1 heterocycles. The predicted octanol–water partition coefficient (Wildman–Crippen LogP) is 2.71. The van der Waals surface area contributed by atoms with E-state index >= 15 is 0 Å². The molecule has 1 rings (SSSR count). The monoisotopic (exact) mass is 315 g/mol. The van der Waals surface area contributed by atoms with Crippen molar-refractivity contribution in [2.45, 2.75) is 46.2 Å². The molecule has 0 aliphatic heterocycles. The fourth-order valence-electron chi connectivity index (χ4n) is 1.59.